The van der Waals surface area contributed by atoms with Gasteiger partial charge in [-0.15, -0.1) is 0 Å². The van der Waals surface area contributed by atoms with Crippen LogP contribution in [0.2, 0.25) is 0 Å². The molecule has 0 saturated carbocycles. The van der Waals surface area contributed by atoms with Crippen LogP contribution in [0.3, 0.4) is 0 Å². The van der Waals surface area contributed by atoms with Crippen molar-refractivity contribution in [3.05, 3.63) is 29.8 Å². The van der Waals surface area contributed by atoms with E-state index in [1.807, 2.05) is 6.92 Å². The molecule has 1 aromatic carbocycles. The van der Waals surface area contributed by atoms with E-state index in [1.165, 1.54) is 7.11 Å². The average molecular weight is 250 g/mol. The lowest BCUT2D eigenvalue weighted by atomic mass is 10.2. The number of amidine groups is 1. The van der Waals surface area contributed by atoms with E-state index in [0.717, 1.165) is 0 Å². The molecule has 1 amide bonds. The van der Waals surface area contributed by atoms with E-state index in [1.54, 1.807) is 43.3 Å². The van der Waals surface area contributed by atoms with Crippen molar-refractivity contribution >= 4 is 11.9 Å². The van der Waals surface area contributed by atoms with Crippen molar-refractivity contribution in [3.63, 3.8) is 0 Å². The Kier molecular flexibility index (Phi) is 5.17. The summed E-state index contributed by atoms with van der Waals surface area (Å²) in [5.74, 6) is 0.268. The van der Waals surface area contributed by atoms with Crippen LogP contribution in [0.1, 0.15) is 17.3 Å². The molecule has 0 aromatic heterocycles. The maximum atomic E-state index is 12.0. The summed E-state index contributed by atoms with van der Waals surface area (Å²) in [4.78, 5) is 17.6. The number of hydrogen-bond acceptors (Lipinski definition) is 3. The van der Waals surface area contributed by atoms with Crippen LogP contribution in [-0.4, -0.2) is 44.6 Å². The molecule has 0 aliphatic heterocycles. The number of aliphatic imine (C=N–C) groups is 1. The Labute approximate surface area is 107 Å². The zero-order valence-electron chi connectivity index (χ0n) is 11.1. The van der Waals surface area contributed by atoms with Gasteiger partial charge in [-0.3, -0.25) is 4.79 Å². The molecule has 0 unspecified atom stereocenters. The van der Waals surface area contributed by atoms with Crippen molar-refractivity contribution < 1.29 is 14.3 Å². The molecular formula is C13H18N2O3. The topological polar surface area (TPSA) is 51.1 Å². The van der Waals surface area contributed by atoms with Gasteiger partial charge in [0.05, 0.1) is 14.2 Å². The van der Waals surface area contributed by atoms with Crippen LogP contribution in [0, 0.1) is 0 Å². The Balaban J connectivity index is 2.95. The summed E-state index contributed by atoms with van der Waals surface area (Å²) in [6.07, 6.45) is 0. The Morgan fingerprint density at radius 1 is 1.39 bits per heavy atom. The Bertz CT molecular complexity index is 444. The van der Waals surface area contributed by atoms with Crippen molar-refractivity contribution in [2.75, 3.05) is 27.8 Å². The minimum atomic E-state index is -0.356. The summed E-state index contributed by atoms with van der Waals surface area (Å²) < 4.78 is 10.1. The molecule has 0 saturated heterocycles. The second-order valence-electron chi connectivity index (χ2n) is 3.65. The summed E-state index contributed by atoms with van der Waals surface area (Å²) >= 11 is 0. The molecule has 0 radical (unpaired) electrons. The number of hydrogen-bond donors (Lipinski definition) is 0. The number of methoxy groups -OCH3 is 2. The second-order valence-corrected chi connectivity index (χ2v) is 3.65. The van der Waals surface area contributed by atoms with Crippen LogP contribution in [0.25, 0.3) is 0 Å². The fourth-order valence-corrected chi connectivity index (χ4v) is 1.33. The average Bonchev–Trinajstić information content (AvgIpc) is 2.43. The predicted molar refractivity (Wildman–Crippen MR) is 70.1 cm³/mol. The normalized spacial score (nSPS) is 11.0. The second kappa shape index (κ2) is 6.64. The van der Waals surface area contributed by atoms with Crippen molar-refractivity contribution in [1.82, 2.24) is 4.90 Å². The monoisotopic (exact) mass is 250 g/mol. The summed E-state index contributed by atoms with van der Waals surface area (Å²) in [6.45, 7) is 2.66. The van der Waals surface area contributed by atoms with Gasteiger partial charge in [-0.05, 0) is 25.1 Å². The first kappa shape index (κ1) is 14.0. The van der Waals surface area contributed by atoms with Crippen molar-refractivity contribution in [2.24, 2.45) is 4.99 Å². The lowest BCUT2D eigenvalue weighted by molar-refractivity contribution is 0.0996. The standard InChI is InChI=1S/C13H18N2O3/c1-5-15(2)13(18-4)14-12(16)10-7-6-8-11(9-10)17-3/h6-9H,5H2,1-4H3. The quantitative estimate of drug-likeness (QED) is 0.606. The molecule has 0 atom stereocenters. The molecule has 5 nitrogen and oxygen atoms in total. The maximum absolute atomic E-state index is 12.0. The van der Waals surface area contributed by atoms with E-state index < -0.39 is 0 Å². The van der Waals surface area contributed by atoms with Crippen LogP contribution in [-0.2, 0) is 4.74 Å². The zero-order valence-corrected chi connectivity index (χ0v) is 11.1. The van der Waals surface area contributed by atoms with E-state index >= 15 is 0 Å². The minimum Gasteiger partial charge on any atom is -0.497 e. The van der Waals surface area contributed by atoms with E-state index in [0.29, 0.717) is 23.9 Å². The molecule has 0 bridgehead atoms. The van der Waals surface area contributed by atoms with Gasteiger partial charge >= 0.3 is 0 Å². The van der Waals surface area contributed by atoms with E-state index in [2.05, 4.69) is 4.99 Å². The number of nitrogens with zero attached hydrogens (tertiary/aromatic N) is 2. The third kappa shape index (κ3) is 3.48. The van der Waals surface area contributed by atoms with Gasteiger partial charge in [0.2, 0.25) is 0 Å². The van der Waals surface area contributed by atoms with Gasteiger partial charge < -0.3 is 14.4 Å². The van der Waals surface area contributed by atoms with E-state index in [4.69, 9.17) is 9.47 Å². The first-order valence-corrected chi connectivity index (χ1v) is 5.64. The molecule has 18 heavy (non-hydrogen) atoms. The van der Waals surface area contributed by atoms with Gasteiger partial charge in [0, 0.05) is 19.2 Å². The molecule has 0 fully saturated rings. The lowest BCUT2D eigenvalue weighted by Crippen LogP contribution is -2.28. The molecule has 1 rings (SSSR count). The van der Waals surface area contributed by atoms with Crippen LogP contribution in [0.15, 0.2) is 29.3 Å². The first-order chi connectivity index (χ1) is 8.62. The summed E-state index contributed by atoms with van der Waals surface area (Å²) in [7, 11) is 4.85. The van der Waals surface area contributed by atoms with Crippen LogP contribution in [0.5, 0.6) is 5.75 Å². The van der Waals surface area contributed by atoms with Crippen LogP contribution >= 0.6 is 0 Å². The number of carbonyl (C=O) groups excluding carboxylic acids is 1. The van der Waals surface area contributed by atoms with E-state index in [-0.39, 0.29) is 5.91 Å². The molecule has 0 spiro atoms. The third-order valence-corrected chi connectivity index (χ3v) is 2.50. The molecule has 1 aromatic rings. The smallest absolute Gasteiger partial charge is 0.294 e. The number of carbonyl (C=O) groups is 1. The highest BCUT2D eigenvalue weighted by Crippen LogP contribution is 2.13. The first-order valence-electron chi connectivity index (χ1n) is 5.64. The molecular weight excluding hydrogens is 232 g/mol. The van der Waals surface area contributed by atoms with Gasteiger partial charge in [0.15, 0.2) is 0 Å². The van der Waals surface area contributed by atoms with Gasteiger partial charge in [-0.25, -0.2) is 0 Å². The Hall–Kier alpha value is -2.04. The number of ether oxygens (including phenoxy) is 2. The Morgan fingerprint density at radius 3 is 2.67 bits per heavy atom. The van der Waals surface area contributed by atoms with Crippen LogP contribution in [0.4, 0.5) is 0 Å². The van der Waals surface area contributed by atoms with Gasteiger partial charge in [-0.1, -0.05) is 6.07 Å². The highest BCUT2D eigenvalue weighted by molar-refractivity contribution is 6.01. The molecule has 0 aliphatic rings. The summed E-state index contributed by atoms with van der Waals surface area (Å²) in [5, 5.41) is 0. The minimum absolute atomic E-state index is 0.297. The number of benzene rings is 1. The molecule has 0 aliphatic carbocycles. The molecule has 5 heteroatoms. The zero-order chi connectivity index (χ0) is 13.5. The lowest BCUT2D eigenvalue weighted by Gasteiger charge is -2.16. The maximum Gasteiger partial charge on any atom is 0.294 e. The van der Waals surface area contributed by atoms with Crippen LogP contribution < -0.4 is 4.74 Å². The third-order valence-electron chi connectivity index (χ3n) is 2.50. The molecule has 0 N–H and O–H groups in total. The van der Waals surface area contributed by atoms with E-state index in [9.17, 15) is 4.79 Å². The highest BCUT2D eigenvalue weighted by atomic mass is 16.5. The number of rotatable bonds is 3. The Morgan fingerprint density at radius 2 is 2.11 bits per heavy atom. The fourth-order valence-electron chi connectivity index (χ4n) is 1.33. The summed E-state index contributed by atoms with van der Waals surface area (Å²) in [5.41, 5.74) is 0.466. The largest absolute Gasteiger partial charge is 0.497 e. The molecule has 98 valence electrons. The van der Waals surface area contributed by atoms with Gasteiger partial charge in [0.1, 0.15) is 5.75 Å². The SMILES string of the molecule is CCN(C)C(=NC(=O)c1cccc(OC)c1)OC. The summed E-state index contributed by atoms with van der Waals surface area (Å²) in [6, 6.07) is 7.15. The predicted octanol–water partition coefficient (Wildman–Crippen LogP) is 1.79. The highest BCUT2D eigenvalue weighted by Gasteiger charge is 2.10. The van der Waals surface area contributed by atoms with Gasteiger partial charge in [-0.2, -0.15) is 4.99 Å². The van der Waals surface area contributed by atoms with Crippen molar-refractivity contribution in [3.8, 4) is 5.75 Å². The fraction of sp³-hybridized carbons (Fsp3) is 0.385. The number of amides is 1. The van der Waals surface area contributed by atoms with Crippen molar-refractivity contribution in [1.29, 1.82) is 0 Å². The van der Waals surface area contributed by atoms with Gasteiger partial charge in [0.25, 0.3) is 11.9 Å². The molecule has 0 heterocycles. The van der Waals surface area contributed by atoms with Crippen molar-refractivity contribution in [2.45, 2.75) is 6.92 Å².